The van der Waals surface area contributed by atoms with Gasteiger partial charge in [-0.1, -0.05) is 17.3 Å². The minimum atomic E-state index is -0.253. The first-order valence-electron chi connectivity index (χ1n) is 8.21. The predicted octanol–water partition coefficient (Wildman–Crippen LogP) is 2.67. The largest absolute Gasteiger partial charge is 0.367 e. The van der Waals surface area contributed by atoms with E-state index in [0.717, 1.165) is 11.5 Å². The van der Waals surface area contributed by atoms with Crippen LogP contribution < -0.4 is 5.32 Å². The number of hydrogen-bond donors (Lipinski definition) is 1. The van der Waals surface area contributed by atoms with Crippen LogP contribution in [0, 0.1) is 12.7 Å². The standard InChI is InChI=1S/C17H22FN5O2.HI/c1-11-9-23(10-15(24-11)13-4-6-14(18)7-5-13)17(19-3)20-8-16-21-12(2)22-25-16;/h4-7,11,15H,8-10H2,1-3H3,(H,19,20);1H. The Labute approximate surface area is 169 Å². The van der Waals surface area contributed by atoms with E-state index in [2.05, 4.69) is 25.3 Å². The number of ether oxygens (including phenoxy) is 1. The van der Waals surface area contributed by atoms with Crippen molar-refractivity contribution < 1.29 is 13.7 Å². The molecule has 0 spiro atoms. The van der Waals surface area contributed by atoms with Gasteiger partial charge in [-0.25, -0.2) is 4.39 Å². The summed E-state index contributed by atoms with van der Waals surface area (Å²) in [6.07, 6.45) is -0.124. The van der Waals surface area contributed by atoms with Gasteiger partial charge in [0, 0.05) is 13.6 Å². The van der Waals surface area contributed by atoms with Crippen LogP contribution in [0.15, 0.2) is 33.8 Å². The van der Waals surface area contributed by atoms with Gasteiger partial charge in [-0.3, -0.25) is 4.99 Å². The minimum Gasteiger partial charge on any atom is -0.367 e. The van der Waals surface area contributed by atoms with Crippen LogP contribution in [0.1, 0.15) is 30.3 Å². The molecule has 9 heteroatoms. The molecule has 3 rings (SSSR count). The first-order valence-corrected chi connectivity index (χ1v) is 8.21. The molecule has 2 unspecified atom stereocenters. The zero-order chi connectivity index (χ0) is 17.8. The average molecular weight is 475 g/mol. The topological polar surface area (TPSA) is 75.8 Å². The number of halogens is 2. The van der Waals surface area contributed by atoms with Gasteiger partial charge in [0.2, 0.25) is 5.89 Å². The maximum Gasteiger partial charge on any atom is 0.246 e. The highest BCUT2D eigenvalue weighted by Gasteiger charge is 2.28. The molecule has 2 heterocycles. The van der Waals surface area contributed by atoms with E-state index in [0.29, 0.717) is 31.3 Å². The molecule has 1 saturated heterocycles. The van der Waals surface area contributed by atoms with Crippen LogP contribution in [0.4, 0.5) is 4.39 Å². The van der Waals surface area contributed by atoms with Crippen molar-refractivity contribution in [2.45, 2.75) is 32.6 Å². The van der Waals surface area contributed by atoms with Crippen molar-refractivity contribution >= 4 is 29.9 Å². The van der Waals surface area contributed by atoms with Gasteiger partial charge in [0.15, 0.2) is 11.8 Å². The van der Waals surface area contributed by atoms with E-state index < -0.39 is 0 Å². The normalized spacial score (nSPS) is 20.6. The molecule has 0 saturated carbocycles. The molecule has 0 bridgehead atoms. The number of nitrogens with one attached hydrogen (secondary N) is 1. The van der Waals surface area contributed by atoms with Crippen molar-refractivity contribution in [3.8, 4) is 0 Å². The van der Waals surface area contributed by atoms with Crippen LogP contribution in [0.25, 0.3) is 0 Å². The fourth-order valence-corrected chi connectivity index (χ4v) is 2.88. The molecule has 1 aromatic carbocycles. The van der Waals surface area contributed by atoms with E-state index in [-0.39, 0.29) is 42.0 Å². The van der Waals surface area contributed by atoms with Crippen LogP contribution in [-0.4, -0.2) is 47.2 Å². The van der Waals surface area contributed by atoms with Gasteiger partial charge in [0.25, 0.3) is 0 Å². The minimum absolute atomic E-state index is 0. The third-order valence-electron chi connectivity index (χ3n) is 3.98. The molecule has 0 radical (unpaired) electrons. The summed E-state index contributed by atoms with van der Waals surface area (Å²) in [7, 11) is 1.73. The zero-order valence-electron chi connectivity index (χ0n) is 15.0. The molecular formula is C17H23FIN5O2. The third-order valence-corrected chi connectivity index (χ3v) is 3.98. The Bertz CT molecular complexity index is 737. The molecule has 2 atom stereocenters. The van der Waals surface area contributed by atoms with E-state index in [9.17, 15) is 4.39 Å². The maximum atomic E-state index is 13.2. The summed E-state index contributed by atoms with van der Waals surface area (Å²) in [6, 6.07) is 6.42. The van der Waals surface area contributed by atoms with Gasteiger partial charge in [0.05, 0.1) is 19.2 Å². The van der Waals surface area contributed by atoms with Crippen LogP contribution in [-0.2, 0) is 11.3 Å². The molecule has 1 N–H and O–H groups in total. The van der Waals surface area contributed by atoms with Crippen molar-refractivity contribution in [3.05, 3.63) is 47.4 Å². The molecule has 142 valence electrons. The summed E-state index contributed by atoms with van der Waals surface area (Å²) in [5, 5.41) is 7.01. The fourth-order valence-electron chi connectivity index (χ4n) is 2.88. The summed E-state index contributed by atoms with van der Waals surface area (Å²) in [5.41, 5.74) is 0.945. The van der Waals surface area contributed by atoms with Crippen molar-refractivity contribution in [1.82, 2.24) is 20.4 Å². The lowest BCUT2D eigenvalue weighted by molar-refractivity contribution is -0.0605. The van der Waals surface area contributed by atoms with Crippen molar-refractivity contribution in [1.29, 1.82) is 0 Å². The summed E-state index contributed by atoms with van der Waals surface area (Å²) < 4.78 is 24.3. The van der Waals surface area contributed by atoms with Gasteiger partial charge in [-0.05, 0) is 31.5 Å². The number of guanidine groups is 1. The van der Waals surface area contributed by atoms with E-state index in [1.165, 1.54) is 12.1 Å². The second-order valence-corrected chi connectivity index (χ2v) is 6.03. The highest BCUT2D eigenvalue weighted by Crippen LogP contribution is 2.25. The van der Waals surface area contributed by atoms with E-state index in [4.69, 9.17) is 9.26 Å². The highest BCUT2D eigenvalue weighted by atomic mass is 127. The second kappa shape index (κ2) is 9.26. The van der Waals surface area contributed by atoms with Crippen molar-refractivity contribution in [2.24, 2.45) is 4.99 Å². The number of rotatable bonds is 3. The van der Waals surface area contributed by atoms with E-state index in [1.807, 2.05) is 6.92 Å². The average Bonchev–Trinajstić information content (AvgIpc) is 3.01. The Hall–Kier alpha value is -1.75. The smallest absolute Gasteiger partial charge is 0.246 e. The molecule has 1 fully saturated rings. The summed E-state index contributed by atoms with van der Waals surface area (Å²) in [5.74, 6) is 1.59. The molecule has 7 nitrogen and oxygen atoms in total. The molecule has 0 aliphatic carbocycles. The van der Waals surface area contributed by atoms with E-state index >= 15 is 0 Å². The maximum absolute atomic E-state index is 13.2. The lowest BCUT2D eigenvalue weighted by atomic mass is 10.1. The first-order chi connectivity index (χ1) is 12.0. The summed E-state index contributed by atoms with van der Waals surface area (Å²) in [4.78, 5) is 10.6. The van der Waals surface area contributed by atoms with Crippen LogP contribution >= 0.6 is 24.0 Å². The fraction of sp³-hybridized carbons (Fsp3) is 0.471. The summed E-state index contributed by atoms with van der Waals surface area (Å²) >= 11 is 0. The molecule has 26 heavy (non-hydrogen) atoms. The van der Waals surface area contributed by atoms with Gasteiger partial charge in [0.1, 0.15) is 11.9 Å². The Morgan fingerprint density at radius 3 is 2.69 bits per heavy atom. The van der Waals surface area contributed by atoms with Crippen LogP contribution in [0.3, 0.4) is 0 Å². The lowest BCUT2D eigenvalue weighted by Gasteiger charge is -2.38. The second-order valence-electron chi connectivity index (χ2n) is 6.03. The quantitative estimate of drug-likeness (QED) is 0.418. The first kappa shape index (κ1) is 20.6. The predicted molar refractivity (Wildman–Crippen MR) is 106 cm³/mol. The molecule has 2 aromatic rings. The number of aryl methyl sites for hydroxylation is 1. The molecule has 1 aliphatic heterocycles. The number of morpholine rings is 1. The Morgan fingerprint density at radius 2 is 2.08 bits per heavy atom. The van der Waals surface area contributed by atoms with Crippen molar-refractivity contribution in [2.75, 3.05) is 20.1 Å². The lowest BCUT2D eigenvalue weighted by Crippen LogP contribution is -2.50. The number of aliphatic imine (C=N–C) groups is 1. The van der Waals surface area contributed by atoms with Crippen LogP contribution in [0.2, 0.25) is 0 Å². The number of nitrogens with zero attached hydrogens (tertiary/aromatic N) is 4. The van der Waals surface area contributed by atoms with Crippen molar-refractivity contribution in [3.63, 3.8) is 0 Å². The third kappa shape index (κ3) is 5.13. The monoisotopic (exact) mass is 475 g/mol. The Kier molecular flexibility index (Phi) is 7.33. The SMILES string of the molecule is CN=C(NCc1nc(C)no1)N1CC(C)OC(c2ccc(F)cc2)C1.I. The molecule has 1 aliphatic rings. The van der Waals surface area contributed by atoms with Gasteiger partial charge in [-0.2, -0.15) is 4.98 Å². The molecule has 1 aromatic heterocycles. The Balaban J connectivity index is 0.00000243. The van der Waals surface area contributed by atoms with Gasteiger partial charge >= 0.3 is 0 Å². The van der Waals surface area contributed by atoms with Crippen LogP contribution in [0.5, 0.6) is 0 Å². The molecule has 0 amide bonds. The highest BCUT2D eigenvalue weighted by molar-refractivity contribution is 14.0. The number of benzene rings is 1. The number of hydrogen-bond acceptors (Lipinski definition) is 5. The zero-order valence-corrected chi connectivity index (χ0v) is 17.3. The van der Waals surface area contributed by atoms with E-state index in [1.54, 1.807) is 26.1 Å². The summed E-state index contributed by atoms with van der Waals surface area (Å²) in [6.45, 7) is 5.52. The Morgan fingerprint density at radius 1 is 1.35 bits per heavy atom. The molecular weight excluding hydrogens is 452 g/mol. The number of aromatic nitrogens is 2. The van der Waals surface area contributed by atoms with Gasteiger partial charge < -0.3 is 19.5 Å². The van der Waals surface area contributed by atoms with Gasteiger partial charge in [-0.15, -0.1) is 24.0 Å².